The molecule has 0 aromatic heterocycles. The van der Waals surface area contributed by atoms with Crippen LogP contribution in [0.3, 0.4) is 0 Å². The van der Waals surface area contributed by atoms with Crippen LogP contribution in [-0.4, -0.2) is 41.8 Å². The zero-order valence-corrected chi connectivity index (χ0v) is 14.4. The fraction of sp³-hybridized carbons (Fsp3) is 1.00. The molecule has 0 unspecified atom stereocenters. The number of hydrogen-bond donors (Lipinski definition) is 1. The van der Waals surface area contributed by atoms with E-state index in [2.05, 4.69) is 0 Å². The summed E-state index contributed by atoms with van der Waals surface area (Å²) in [4.78, 5) is 11.0. The van der Waals surface area contributed by atoms with Gasteiger partial charge in [0, 0.05) is 0 Å². The molecule has 3 fully saturated rings. The average molecular weight is 332 g/mol. The largest absolute Gasteiger partial charge is 0.387 e. The molecule has 0 amide bonds. The van der Waals surface area contributed by atoms with E-state index >= 15 is 0 Å². The van der Waals surface area contributed by atoms with E-state index in [4.69, 9.17) is 9.78 Å². The first-order valence-electron chi connectivity index (χ1n) is 8.51. The summed E-state index contributed by atoms with van der Waals surface area (Å²) in [6.07, 6.45) is 6.44. The maximum atomic E-state index is 12.8. The van der Waals surface area contributed by atoms with Crippen LogP contribution < -0.4 is 0 Å². The smallest absolute Gasteiger partial charge is 0.156 e. The molecule has 1 aliphatic heterocycles. The minimum Gasteiger partial charge on any atom is -0.387 e. The van der Waals surface area contributed by atoms with E-state index in [0.29, 0.717) is 12.8 Å². The Labute approximate surface area is 133 Å². The maximum Gasteiger partial charge on any atom is 0.156 e. The quantitative estimate of drug-likeness (QED) is 0.803. The van der Waals surface area contributed by atoms with Gasteiger partial charge in [0.2, 0.25) is 0 Å². The Morgan fingerprint density at radius 3 is 2.50 bits per heavy atom. The first-order valence-corrected chi connectivity index (χ1v) is 10.2. The third-order valence-electron chi connectivity index (χ3n) is 5.96. The van der Waals surface area contributed by atoms with Gasteiger partial charge in [-0.1, -0.05) is 19.3 Å². The monoisotopic (exact) mass is 332 g/mol. The van der Waals surface area contributed by atoms with Crippen molar-refractivity contribution >= 4 is 9.84 Å². The Bertz CT molecular complexity index is 509. The molecule has 2 saturated carbocycles. The summed E-state index contributed by atoms with van der Waals surface area (Å²) >= 11 is 0. The van der Waals surface area contributed by atoms with E-state index in [1.807, 2.05) is 6.92 Å². The van der Waals surface area contributed by atoms with Crippen molar-refractivity contribution in [2.24, 2.45) is 5.92 Å². The predicted octanol–water partition coefficient (Wildman–Crippen LogP) is 2.37. The average Bonchev–Trinajstić information content (AvgIpc) is 2.46. The second-order valence-electron chi connectivity index (χ2n) is 7.88. The number of sulfone groups is 1. The number of hydrogen-bond acceptors (Lipinski definition) is 5. The van der Waals surface area contributed by atoms with Crippen molar-refractivity contribution in [2.75, 3.05) is 5.75 Å². The van der Waals surface area contributed by atoms with Gasteiger partial charge in [0.1, 0.15) is 11.7 Å². The van der Waals surface area contributed by atoms with E-state index in [0.717, 1.165) is 38.5 Å². The highest BCUT2D eigenvalue weighted by atomic mass is 32.2. The van der Waals surface area contributed by atoms with Crippen LogP contribution >= 0.6 is 0 Å². The molecule has 1 heterocycles. The summed E-state index contributed by atoms with van der Waals surface area (Å²) in [5.74, 6) is 0.161. The molecule has 1 N–H and O–H groups in total. The van der Waals surface area contributed by atoms with Crippen molar-refractivity contribution < 1.29 is 23.3 Å². The molecule has 3 aliphatic rings. The van der Waals surface area contributed by atoms with Crippen molar-refractivity contribution in [3.05, 3.63) is 0 Å². The molecule has 1 saturated heterocycles. The van der Waals surface area contributed by atoms with Crippen molar-refractivity contribution in [3.8, 4) is 0 Å². The lowest BCUT2D eigenvalue weighted by Gasteiger charge is -2.50. The van der Waals surface area contributed by atoms with Crippen LogP contribution in [0.5, 0.6) is 0 Å². The van der Waals surface area contributed by atoms with Gasteiger partial charge in [0.05, 0.1) is 16.6 Å². The molecule has 5 nitrogen and oxygen atoms in total. The van der Waals surface area contributed by atoms with Gasteiger partial charge in [-0.2, -0.15) is 0 Å². The van der Waals surface area contributed by atoms with Gasteiger partial charge in [-0.25, -0.2) is 18.2 Å². The van der Waals surface area contributed by atoms with Crippen LogP contribution in [-0.2, 0) is 19.6 Å². The Balaban J connectivity index is 1.72. The molecule has 0 spiro atoms. The third-order valence-corrected chi connectivity index (χ3v) is 8.42. The molecule has 2 aliphatic carbocycles. The van der Waals surface area contributed by atoms with Gasteiger partial charge >= 0.3 is 0 Å². The second kappa shape index (κ2) is 5.72. The number of fused-ring (bicyclic) bond motifs is 2. The highest BCUT2D eigenvalue weighted by Crippen LogP contribution is 2.46. The van der Waals surface area contributed by atoms with Crippen molar-refractivity contribution in [2.45, 2.75) is 87.8 Å². The molecule has 22 heavy (non-hydrogen) atoms. The van der Waals surface area contributed by atoms with E-state index in [-0.39, 0.29) is 23.0 Å². The van der Waals surface area contributed by atoms with E-state index < -0.39 is 21.0 Å². The molecule has 0 aromatic carbocycles. The van der Waals surface area contributed by atoms with Gasteiger partial charge in [-0.15, -0.1) is 0 Å². The third kappa shape index (κ3) is 3.07. The van der Waals surface area contributed by atoms with Gasteiger partial charge in [-0.3, -0.25) is 0 Å². The van der Waals surface area contributed by atoms with Crippen LogP contribution in [0, 0.1) is 5.92 Å². The Morgan fingerprint density at radius 2 is 1.82 bits per heavy atom. The predicted molar refractivity (Wildman–Crippen MR) is 83.0 cm³/mol. The zero-order valence-electron chi connectivity index (χ0n) is 13.6. The Hall–Kier alpha value is -0.170. The van der Waals surface area contributed by atoms with E-state index in [1.54, 1.807) is 6.92 Å². The molecule has 128 valence electrons. The van der Waals surface area contributed by atoms with Crippen molar-refractivity contribution in [3.63, 3.8) is 0 Å². The fourth-order valence-corrected chi connectivity index (χ4v) is 6.64. The first kappa shape index (κ1) is 16.7. The summed E-state index contributed by atoms with van der Waals surface area (Å²) in [5, 5.41) is 10.1. The normalized spacial score (nSPS) is 44.0. The van der Waals surface area contributed by atoms with Crippen LogP contribution in [0.15, 0.2) is 0 Å². The molecule has 3 rings (SSSR count). The minimum atomic E-state index is -3.17. The van der Waals surface area contributed by atoms with Crippen LogP contribution in [0.4, 0.5) is 0 Å². The van der Waals surface area contributed by atoms with Crippen LogP contribution in [0.2, 0.25) is 0 Å². The molecule has 0 aromatic rings. The van der Waals surface area contributed by atoms with E-state index in [1.165, 1.54) is 0 Å². The highest BCUT2D eigenvalue weighted by Gasteiger charge is 2.53. The van der Waals surface area contributed by atoms with Gasteiger partial charge < -0.3 is 5.11 Å². The Morgan fingerprint density at radius 1 is 1.14 bits per heavy atom. The summed E-state index contributed by atoms with van der Waals surface area (Å²) < 4.78 is 25.5. The molecular weight excluding hydrogens is 304 g/mol. The topological polar surface area (TPSA) is 72.8 Å². The minimum absolute atomic E-state index is 0.0319. The second-order valence-corrected chi connectivity index (χ2v) is 10.2. The fourth-order valence-electron chi connectivity index (χ4n) is 4.27. The maximum absolute atomic E-state index is 12.8. The molecule has 6 heteroatoms. The molecule has 2 bridgehead atoms. The lowest BCUT2D eigenvalue weighted by Crippen LogP contribution is -2.59. The summed E-state index contributed by atoms with van der Waals surface area (Å²) in [6, 6.07) is 0. The van der Waals surface area contributed by atoms with Gasteiger partial charge in [0.25, 0.3) is 0 Å². The first-order chi connectivity index (χ1) is 10.2. The lowest BCUT2D eigenvalue weighted by molar-refractivity contribution is -0.441. The zero-order chi connectivity index (χ0) is 16.0. The summed E-state index contributed by atoms with van der Waals surface area (Å²) in [5.41, 5.74) is -1.66. The summed E-state index contributed by atoms with van der Waals surface area (Å²) in [6.45, 7) is 3.62. The van der Waals surface area contributed by atoms with E-state index in [9.17, 15) is 13.5 Å². The number of rotatable bonds is 3. The van der Waals surface area contributed by atoms with Gasteiger partial charge in [0.15, 0.2) is 9.84 Å². The highest BCUT2D eigenvalue weighted by molar-refractivity contribution is 7.92. The standard InChI is InChI=1S/C16H28O5S/c1-15(17)9-8-12-10-14(15)20-21-16(12,2)11-22(18,19)13-6-4-3-5-7-13/h12-14,17H,3-11H2,1-2H3/t12-,14-,15-,16-/m1/s1. The Kier molecular flexibility index (Phi) is 4.34. The van der Waals surface area contributed by atoms with Crippen LogP contribution in [0.25, 0.3) is 0 Å². The summed E-state index contributed by atoms with van der Waals surface area (Å²) in [7, 11) is -3.17. The molecule has 4 atom stereocenters. The lowest BCUT2D eigenvalue weighted by atomic mass is 9.71. The van der Waals surface area contributed by atoms with Gasteiger partial charge in [-0.05, 0) is 51.9 Å². The molecule has 0 radical (unpaired) electrons. The van der Waals surface area contributed by atoms with Crippen molar-refractivity contribution in [1.29, 1.82) is 0 Å². The van der Waals surface area contributed by atoms with Crippen LogP contribution in [0.1, 0.15) is 65.2 Å². The SMILES string of the molecule is C[C@]1(CS(=O)(=O)C2CCCCC2)OO[C@@H]2C[C@H]1CC[C@@]2(C)O. The molecular formula is C16H28O5S. The van der Waals surface area contributed by atoms with Crippen molar-refractivity contribution in [1.82, 2.24) is 0 Å². The number of aliphatic hydroxyl groups is 1.